The number of aromatic nitrogens is 2. The van der Waals surface area contributed by atoms with Crippen LogP contribution in [0.5, 0.6) is 0 Å². The second kappa shape index (κ2) is 8.89. The van der Waals surface area contributed by atoms with Gasteiger partial charge in [-0.05, 0) is 48.6 Å². The third kappa shape index (κ3) is 4.70. The Morgan fingerprint density at radius 1 is 1.10 bits per heavy atom. The SMILES string of the molecule is Cc1ccc(S(=O)(=O)N2CCN(C(=O)CCc3nnc(-c4ccsc4)o3)CC2)cc1C. The fourth-order valence-corrected chi connectivity index (χ4v) is 5.57. The van der Waals surface area contributed by atoms with Crippen molar-refractivity contribution in [1.29, 1.82) is 0 Å². The average molecular weight is 461 g/mol. The number of carbonyl (C=O) groups excluding carboxylic acids is 1. The first-order chi connectivity index (χ1) is 14.8. The standard InChI is InChI=1S/C21H24N4O4S2/c1-15-3-4-18(13-16(15)2)31(27,28)25-10-8-24(9-11-25)20(26)6-5-19-22-23-21(29-19)17-7-12-30-14-17/h3-4,7,12-14H,5-6,8-11H2,1-2H3. The molecule has 1 saturated heterocycles. The highest BCUT2D eigenvalue weighted by Gasteiger charge is 2.30. The average Bonchev–Trinajstić information content (AvgIpc) is 3.46. The molecule has 0 spiro atoms. The zero-order chi connectivity index (χ0) is 22.0. The van der Waals surface area contributed by atoms with Gasteiger partial charge in [-0.3, -0.25) is 4.79 Å². The van der Waals surface area contributed by atoms with Crippen LogP contribution in [0.1, 0.15) is 23.4 Å². The Labute approximate surface area is 185 Å². The van der Waals surface area contributed by atoms with Crippen LogP contribution in [0.25, 0.3) is 11.5 Å². The largest absolute Gasteiger partial charge is 0.421 e. The summed E-state index contributed by atoms with van der Waals surface area (Å²) in [5, 5.41) is 11.9. The minimum atomic E-state index is -3.56. The molecule has 3 aromatic rings. The van der Waals surface area contributed by atoms with Gasteiger partial charge in [0.05, 0.1) is 4.90 Å². The maximum atomic E-state index is 12.9. The molecule has 1 aliphatic rings. The van der Waals surface area contributed by atoms with Gasteiger partial charge in [0.25, 0.3) is 0 Å². The van der Waals surface area contributed by atoms with Gasteiger partial charge < -0.3 is 9.32 Å². The van der Waals surface area contributed by atoms with Crippen LogP contribution >= 0.6 is 11.3 Å². The van der Waals surface area contributed by atoms with Crippen LogP contribution in [0.15, 0.2) is 44.3 Å². The van der Waals surface area contributed by atoms with Crippen molar-refractivity contribution >= 4 is 27.3 Å². The molecule has 0 N–H and O–H groups in total. The van der Waals surface area contributed by atoms with Crippen LogP contribution in [0.3, 0.4) is 0 Å². The summed E-state index contributed by atoms with van der Waals surface area (Å²) in [5.74, 6) is 0.831. The second-order valence-corrected chi connectivity index (χ2v) is 10.3. The summed E-state index contributed by atoms with van der Waals surface area (Å²) in [4.78, 5) is 14.6. The predicted octanol–water partition coefficient (Wildman–Crippen LogP) is 2.88. The summed E-state index contributed by atoms with van der Waals surface area (Å²) in [7, 11) is -3.56. The molecule has 4 rings (SSSR count). The van der Waals surface area contributed by atoms with Crippen LogP contribution in [0.4, 0.5) is 0 Å². The van der Waals surface area contributed by atoms with Crippen LogP contribution in [-0.2, 0) is 21.2 Å². The van der Waals surface area contributed by atoms with Gasteiger partial charge in [-0.1, -0.05) is 6.07 Å². The monoisotopic (exact) mass is 460 g/mol. The molecule has 0 atom stereocenters. The second-order valence-electron chi connectivity index (χ2n) is 7.54. The van der Waals surface area contributed by atoms with E-state index in [0.717, 1.165) is 16.7 Å². The molecule has 0 bridgehead atoms. The minimum absolute atomic E-state index is 0.0430. The summed E-state index contributed by atoms with van der Waals surface area (Å²) in [6.07, 6.45) is 0.603. The number of hydrogen-bond donors (Lipinski definition) is 0. The van der Waals surface area contributed by atoms with Crippen molar-refractivity contribution in [2.24, 2.45) is 0 Å². The molecular weight excluding hydrogens is 436 g/mol. The zero-order valence-corrected chi connectivity index (χ0v) is 19.1. The first kappa shape index (κ1) is 21.7. The van der Waals surface area contributed by atoms with Crippen molar-refractivity contribution in [1.82, 2.24) is 19.4 Å². The Morgan fingerprint density at radius 2 is 1.87 bits per heavy atom. The van der Waals surface area contributed by atoms with E-state index in [1.54, 1.807) is 28.4 Å². The predicted molar refractivity (Wildman–Crippen MR) is 117 cm³/mol. The summed E-state index contributed by atoms with van der Waals surface area (Å²) in [6.45, 7) is 5.15. The number of hydrogen-bond acceptors (Lipinski definition) is 7. The summed E-state index contributed by atoms with van der Waals surface area (Å²) in [5.41, 5.74) is 2.87. The third-order valence-electron chi connectivity index (χ3n) is 5.50. The molecule has 164 valence electrons. The third-order valence-corrected chi connectivity index (χ3v) is 8.07. The van der Waals surface area contributed by atoms with Crippen LogP contribution in [0.2, 0.25) is 0 Å². The van der Waals surface area contributed by atoms with E-state index >= 15 is 0 Å². The van der Waals surface area contributed by atoms with Gasteiger partial charge in [-0.2, -0.15) is 15.6 Å². The molecule has 2 aromatic heterocycles. The van der Waals surface area contributed by atoms with Crippen molar-refractivity contribution in [3.63, 3.8) is 0 Å². The highest BCUT2D eigenvalue weighted by atomic mass is 32.2. The Balaban J connectivity index is 1.31. The molecule has 0 unspecified atom stereocenters. The van der Waals surface area contributed by atoms with E-state index in [-0.39, 0.29) is 25.4 Å². The fourth-order valence-electron chi connectivity index (χ4n) is 3.43. The number of nitrogens with zero attached hydrogens (tertiary/aromatic N) is 4. The molecule has 0 radical (unpaired) electrons. The molecule has 3 heterocycles. The van der Waals surface area contributed by atoms with Crippen molar-refractivity contribution in [3.8, 4) is 11.5 Å². The normalized spacial score (nSPS) is 15.4. The van der Waals surface area contributed by atoms with Crippen molar-refractivity contribution in [2.75, 3.05) is 26.2 Å². The molecule has 1 fully saturated rings. The van der Waals surface area contributed by atoms with Gasteiger partial charge in [0.15, 0.2) is 0 Å². The lowest BCUT2D eigenvalue weighted by molar-refractivity contribution is -0.132. The van der Waals surface area contributed by atoms with E-state index in [1.807, 2.05) is 36.7 Å². The molecule has 10 heteroatoms. The van der Waals surface area contributed by atoms with Crippen LogP contribution < -0.4 is 0 Å². The smallest absolute Gasteiger partial charge is 0.248 e. The number of rotatable bonds is 6. The Hall–Kier alpha value is -2.56. The highest BCUT2D eigenvalue weighted by Crippen LogP contribution is 2.22. The number of piperazine rings is 1. The topological polar surface area (TPSA) is 96.6 Å². The van der Waals surface area contributed by atoms with E-state index in [1.165, 1.54) is 4.31 Å². The Morgan fingerprint density at radius 3 is 2.55 bits per heavy atom. The number of aryl methyl sites for hydroxylation is 3. The molecule has 1 aromatic carbocycles. The summed E-state index contributed by atoms with van der Waals surface area (Å²) in [6, 6.07) is 7.07. The first-order valence-electron chi connectivity index (χ1n) is 10.0. The van der Waals surface area contributed by atoms with E-state index in [2.05, 4.69) is 10.2 Å². The number of sulfonamides is 1. The number of carbonyl (C=O) groups is 1. The Bertz CT molecular complexity index is 1160. The quantitative estimate of drug-likeness (QED) is 0.561. The summed E-state index contributed by atoms with van der Waals surface area (Å²) < 4.78 is 32.9. The molecular formula is C21H24N4O4S2. The maximum absolute atomic E-state index is 12.9. The van der Waals surface area contributed by atoms with Crippen molar-refractivity contribution in [2.45, 2.75) is 31.6 Å². The highest BCUT2D eigenvalue weighted by molar-refractivity contribution is 7.89. The fraction of sp³-hybridized carbons (Fsp3) is 0.381. The molecule has 31 heavy (non-hydrogen) atoms. The molecule has 0 saturated carbocycles. The molecule has 1 aliphatic heterocycles. The van der Waals surface area contributed by atoms with Gasteiger partial charge in [0.1, 0.15) is 0 Å². The van der Waals surface area contributed by atoms with Crippen LogP contribution in [0, 0.1) is 13.8 Å². The number of amides is 1. The van der Waals surface area contributed by atoms with Crippen LogP contribution in [-0.4, -0.2) is 59.9 Å². The number of benzene rings is 1. The maximum Gasteiger partial charge on any atom is 0.248 e. The molecule has 8 nitrogen and oxygen atoms in total. The van der Waals surface area contributed by atoms with Gasteiger partial charge in [-0.15, -0.1) is 10.2 Å². The first-order valence-corrected chi connectivity index (χ1v) is 12.4. The minimum Gasteiger partial charge on any atom is -0.421 e. The van der Waals surface area contributed by atoms with Gasteiger partial charge in [0, 0.05) is 50.0 Å². The van der Waals surface area contributed by atoms with Gasteiger partial charge >= 0.3 is 0 Å². The summed E-state index contributed by atoms with van der Waals surface area (Å²) >= 11 is 1.55. The zero-order valence-electron chi connectivity index (χ0n) is 17.4. The lowest BCUT2D eigenvalue weighted by Crippen LogP contribution is -2.50. The van der Waals surface area contributed by atoms with E-state index in [9.17, 15) is 13.2 Å². The lowest BCUT2D eigenvalue weighted by Gasteiger charge is -2.34. The molecule has 1 amide bonds. The van der Waals surface area contributed by atoms with E-state index in [4.69, 9.17) is 4.42 Å². The van der Waals surface area contributed by atoms with Gasteiger partial charge in [0.2, 0.25) is 27.7 Å². The number of thiophene rings is 1. The van der Waals surface area contributed by atoms with Crippen molar-refractivity contribution < 1.29 is 17.6 Å². The molecule has 0 aliphatic carbocycles. The van der Waals surface area contributed by atoms with E-state index in [0.29, 0.717) is 36.2 Å². The Kier molecular flexibility index (Phi) is 6.22. The lowest BCUT2D eigenvalue weighted by atomic mass is 10.1. The van der Waals surface area contributed by atoms with Gasteiger partial charge in [-0.25, -0.2) is 8.42 Å². The van der Waals surface area contributed by atoms with E-state index < -0.39 is 10.0 Å². The van der Waals surface area contributed by atoms with Crippen molar-refractivity contribution in [3.05, 3.63) is 52.0 Å².